The highest BCUT2D eigenvalue weighted by Gasteiger charge is 1.94. The monoisotopic (exact) mass is 398 g/mol. The summed E-state index contributed by atoms with van der Waals surface area (Å²) in [6, 6.07) is 0. The molecule has 0 aliphatic rings. The summed E-state index contributed by atoms with van der Waals surface area (Å²) < 4.78 is 47.2. The van der Waals surface area contributed by atoms with Gasteiger partial charge in [0.25, 0.3) is 0 Å². The zero-order valence-electron chi connectivity index (χ0n) is 17.0. The molecule has 0 spiro atoms. The average Bonchev–Trinajstić information content (AvgIpc) is 2.68. The summed E-state index contributed by atoms with van der Waals surface area (Å²) in [5.41, 5.74) is 0. The van der Waals surface area contributed by atoms with Crippen LogP contribution < -0.4 is 0 Å². The molecule has 0 fully saturated rings. The molecule has 0 radical (unpaired) electrons. The van der Waals surface area contributed by atoms with Crippen LogP contribution in [0.25, 0.3) is 0 Å². The molecule has 0 N–H and O–H groups in total. The third-order valence-electron chi connectivity index (χ3n) is 3.10. The molecule has 0 aliphatic carbocycles. The highest BCUT2D eigenvalue weighted by atomic mass is 16.6. The molecule has 0 atom stereocenters. The van der Waals surface area contributed by atoms with Gasteiger partial charge in [0.2, 0.25) is 0 Å². The first kappa shape index (κ1) is 26.6. The Labute approximate surface area is 163 Å². The van der Waals surface area contributed by atoms with Gasteiger partial charge in [-0.2, -0.15) is 0 Å². The van der Waals surface area contributed by atoms with E-state index in [1.165, 1.54) is 0 Å². The minimum atomic E-state index is 0.540. The van der Waals surface area contributed by atoms with Crippen molar-refractivity contribution in [3.63, 3.8) is 0 Å². The van der Waals surface area contributed by atoms with Gasteiger partial charge in [-0.3, -0.25) is 0 Å². The van der Waals surface area contributed by atoms with E-state index in [-0.39, 0.29) is 0 Å². The third kappa shape index (κ3) is 25.6. The quantitative estimate of drug-likeness (QED) is 0.215. The summed E-state index contributed by atoms with van der Waals surface area (Å²) in [6.07, 6.45) is 0. The van der Waals surface area contributed by atoms with Gasteiger partial charge < -0.3 is 42.6 Å². The van der Waals surface area contributed by atoms with Crippen LogP contribution in [0.1, 0.15) is 0 Å². The molecule has 0 bridgehead atoms. The van der Waals surface area contributed by atoms with Crippen LogP contribution in [0.15, 0.2) is 0 Å². The largest absolute Gasteiger partial charge is 0.382 e. The van der Waals surface area contributed by atoms with E-state index >= 15 is 0 Å². The van der Waals surface area contributed by atoms with Crippen LogP contribution in [-0.4, -0.2) is 120 Å². The Morgan fingerprint density at radius 1 is 0.259 bits per heavy atom. The lowest BCUT2D eigenvalue weighted by molar-refractivity contribution is -0.0234. The van der Waals surface area contributed by atoms with Crippen molar-refractivity contribution in [1.82, 2.24) is 0 Å². The van der Waals surface area contributed by atoms with Gasteiger partial charge >= 0.3 is 0 Å². The predicted molar refractivity (Wildman–Crippen MR) is 99.5 cm³/mol. The number of hydrogen-bond donors (Lipinski definition) is 0. The lowest BCUT2D eigenvalue weighted by Crippen LogP contribution is -2.15. The van der Waals surface area contributed by atoms with Crippen LogP contribution in [0.4, 0.5) is 0 Å². The minimum Gasteiger partial charge on any atom is -0.382 e. The Morgan fingerprint density at radius 2 is 0.407 bits per heavy atom. The fourth-order valence-electron chi connectivity index (χ4n) is 1.71. The Balaban J connectivity index is 2.95. The fourth-order valence-corrected chi connectivity index (χ4v) is 1.71. The van der Waals surface area contributed by atoms with Gasteiger partial charge in [0.05, 0.1) is 106 Å². The van der Waals surface area contributed by atoms with Crippen LogP contribution in [-0.2, 0) is 42.6 Å². The first-order valence-corrected chi connectivity index (χ1v) is 9.44. The maximum Gasteiger partial charge on any atom is 0.0701 e. The highest BCUT2D eigenvalue weighted by Crippen LogP contribution is 1.85. The second-order valence-corrected chi connectivity index (χ2v) is 5.27. The van der Waals surface area contributed by atoms with Crippen LogP contribution in [0.3, 0.4) is 0 Å². The molecule has 0 amide bonds. The summed E-state index contributed by atoms with van der Waals surface area (Å²) in [4.78, 5) is 0. The van der Waals surface area contributed by atoms with Crippen LogP contribution >= 0.6 is 0 Å². The predicted octanol–water partition coefficient (Wildman–Crippen LogP) is 0.395. The van der Waals surface area contributed by atoms with E-state index in [0.29, 0.717) is 106 Å². The lowest BCUT2D eigenvalue weighted by Gasteiger charge is -2.08. The van der Waals surface area contributed by atoms with Crippen molar-refractivity contribution < 1.29 is 42.6 Å². The Morgan fingerprint density at radius 3 is 0.556 bits per heavy atom. The Hall–Kier alpha value is -0.360. The lowest BCUT2D eigenvalue weighted by atomic mass is 10.6. The average molecular weight is 398 g/mol. The number of ether oxygens (including phenoxy) is 9. The van der Waals surface area contributed by atoms with Gasteiger partial charge in [-0.25, -0.2) is 0 Å². The standard InChI is InChI=1S/C18H38O9/c1-19-3-5-21-7-9-23-11-13-25-15-17-27-18-16-26-14-12-24-10-8-22-6-4-20-2/h3-18H2,1-2H3. The molecule has 0 aromatic rings. The summed E-state index contributed by atoms with van der Waals surface area (Å²) in [5, 5.41) is 0. The number of rotatable bonds is 24. The molecular formula is C18H38O9. The van der Waals surface area contributed by atoms with Crippen LogP contribution in [0, 0.1) is 0 Å². The number of methoxy groups -OCH3 is 2. The minimum absolute atomic E-state index is 0.540. The summed E-state index contributed by atoms with van der Waals surface area (Å²) in [7, 11) is 3.29. The molecule has 0 rings (SSSR count). The zero-order valence-corrected chi connectivity index (χ0v) is 17.0. The highest BCUT2D eigenvalue weighted by molar-refractivity contribution is 4.37. The molecule has 0 aromatic heterocycles. The molecule has 164 valence electrons. The topological polar surface area (TPSA) is 83.1 Å². The van der Waals surface area contributed by atoms with Crippen molar-refractivity contribution in [3.8, 4) is 0 Å². The second kappa shape index (κ2) is 25.6. The van der Waals surface area contributed by atoms with Crippen molar-refractivity contribution in [2.75, 3.05) is 120 Å². The molecule has 0 saturated heterocycles. The molecular weight excluding hydrogens is 360 g/mol. The third-order valence-corrected chi connectivity index (χ3v) is 3.10. The molecule has 9 nitrogen and oxygen atoms in total. The van der Waals surface area contributed by atoms with E-state index in [1.807, 2.05) is 0 Å². The molecule has 0 saturated carbocycles. The first-order chi connectivity index (χ1) is 13.4. The smallest absolute Gasteiger partial charge is 0.0701 e. The van der Waals surface area contributed by atoms with Gasteiger partial charge in [0, 0.05) is 14.2 Å². The van der Waals surface area contributed by atoms with Crippen molar-refractivity contribution in [1.29, 1.82) is 0 Å². The van der Waals surface area contributed by atoms with Gasteiger partial charge in [-0.15, -0.1) is 0 Å². The summed E-state index contributed by atoms with van der Waals surface area (Å²) >= 11 is 0. The first-order valence-electron chi connectivity index (χ1n) is 9.44. The fraction of sp³-hybridized carbons (Fsp3) is 1.00. The summed E-state index contributed by atoms with van der Waals surface area (Å²) in [6.45, 7) is 9.01. The Kier molecular flexibility index (Phi) is 25.3. The molecule has 9 heteroatoms. The molecule has 0 unspecified atom stereocenters. The maximum atomic E-state index is 5.40. The van der Waals surface area contributed by atoms with Crippen molar-refractivity contribution in [2.24, 2.45) is 0 Å². The van der Waals surface area contributed by atoms with E-state index in [1.54, 1.807) is 14.2 Å². The van der Waals surface area contributed by atoms with Gasteiger partial charge in [0.1, 0.15) is 0 Å². The normalized spacial score (nSPS) is 11.3. The molecule has 27 heavy (non-hydrogen) atoms. The SMILES string of the molecule is COCCOCCOCCOCCOCCOCCOCCOCCOC. The van der Waals surface area contributed by atoms with Crippen LogP contribution in [0.5, 0.6) is 0 Å². The van der Waals surface area contributed by atoms with E-state index in [4.69, 9.17) is 42.6 Å². The second-order valence-electron chi connectivity index (χ2n) is 5.27. The zero-order chi connectivity index (χ0) is 19.7. The summed E-state index contributed by atoms with van der Waals surface area (Å²) in [5.74, 6) is 0. The van der Waals surface area contributed by atoms with E-state index < -0.39 is 0 Å². The van der Waals surface area contributed by atoms with Gasteiger partial charge in [-0.1, -0.05) is 0 Å². The number of hydrogen-bond acceptors (Lipinski definition) is 9. The van der Waals surface area contributed by atoms with E-state index in [2.05, 4.69) is 0 Å². The molecule has 0 aromatic carbocycles. The van der Waals surface area contributed by atoms with Crippen LogP contribution in [0.2, 0.25) is 0 Å². The van der Waals surface area contributed by atoms with E-state index in [9.17, 15) is 0 Å². The van der Waals surface area contributed by atoms with Gasteiger partial charge in [0.15, 0.2) is 0 Å². The maximum absolute atomic E-state index is 5.40. The van der Waals surface area contributed by atoms with E-state index in [0.717, 1.165) is 0 Å². The van der Waals surface area contributed by atoms with Crippen molar-refractivity contribution in [3.05, 3.63) is 0 Å². The van der Waals surface area contributed by atoms with Crippen molar-refractivity contribution in [2.45, 2.75) is 0 Å². The Bertz CT molecular complexity index is 233. The van der Waals surface area contributed by atoms with Crippen molar-refractivity contribution >= 4 is 0 Å². The molecule has 0 aliphatic heterocycles. The molecule has 0 heterocycles. The van der Waals surface area contributed by atoms with Gasteiger partial charge in [-0.05, 0) is 0 Å².